The molecule has 0 heterocycles. The van der Waals surface area contributed by atoms with Crippen LogP contribution in [0.25, 0.3) is 0 Å². The molecule has 0 aliphatic carbocycles. The van der Waals surface area contributed by atoms with Crippen LogP contribution in [0.2, 0.25) is 0 Å². The zero-order valence-electron chi connectivity index (χ0n) is 13.0. The summed E-state index contributed by atoms with van der Waals surface area (Å²) < 4.78 is 0. The Morgan fingerprint density at radius 2 is 1.55 bits per heavy atom. The van der Waals surface area contributed by atoms with E-state index in [9.17, 15) is 14.4 Å². The Morgan fingerprint density at radius 1 is 1.00 bits per heavy atom. The van der Waals surface area contributed by atoms with E-state index >= 15 is 0 Å². The van der Waals surface area contributed by atoms with Gasteiger partial charge >= 0.3 is 11.8 Å². The fraction of sp³-hybridized carbons (Fsp3) is 0.786. The van der Waals surface area contributed by atoms with Crippen LogP contribution in [0.5, 0.6) is 0 Å². The van der Waals surface area contributed by atoms with Crippen LogP contribution in [0.4, 0.5) is 0 Å². The molecule has 0 saturated carbocycles. The molecule has 6 heteroatoms. The first-order chi connectivity index (χ1) is 9.46. The van der Waals surface area contributed by atoms with Crippen molar-refractivity contribution in [3.63, 3.8) is 0 Å². The van der Waals surface area contributed by atoms with E-state index in [1.807, 2.05) is 13.8 Å². The van der Waals surface area contributed by atoms with Gasteiger partial charge in [0.05, 0.1) is 6.54 Å². The minimum atomic E-state index is -0.755. The summed E-state index contributed by atoms with van der Waals surface area (Å²) in [4.78, 5) is 36.2. The molecule has 0 aromatic heterocycles. The molecule has 0 aliphatic rings. The van der Waals surface area contributed by atoms with Gasteiger partial charge in [-0.15, -0.1) is 0 Å². The van der Waals surface area contributed by atoms with Crippen molar-refractivity contribution in [3.8, 4) is 0 Å². The average molecular weight is 285 g/mol. The number of hydrogen-bond acceptors (Lipinski definition) is 3. The SMILES string of the molecule is CCC(C)CCNC(=O)C(=O)NCC(=O)N(CC)CC. The molecule has 0 fully saturated rings. The number of nitrogens with one attached hydrogen (secondary N) is 2. The number of amides is 3. The molecule has 116 valence electrons. The highest BCUT2D eigenvalue weighted by Gasteiger charge is 2.16. The molecular weight excluding hydrogens is 258 g/mol. The van der Waals surface area contributed by atoms with Crippen molar-refractivity contribution >= 4 is 17.7 Å². The summed E-state index contributed by atoms with van der Waals surface area (Å²) in [5.74, 6) is -1.10. The molecule has 0 rings (SSSR count). The van der Waals surface area contributed by atoms with Crippen LogP contribution in [0.1, 0.15) is 40.5 Å². The van der Waals surface area contributed by atoms with Crippen LogP contribution in [-0.2, 0) is 14.4 Å². The van der Waals surface area contributed by atoms with Crippen molar-refractivity contribution in [1.82, 2.24) is 15.5 Å². The van der Waals surface area contributed by atoms with Crippen molar-refractivity contribution in [2.24, 2.45) is 5.92 Å². The molecule has 0 aromatic carbocycles. The van der Waals surface area contributed by atoms with E-state index in [-0.39, 0.29) is 12.5 Å². The van der Waals surface area contributed by atoms with Gasteiger partial charge in [0.15, 0.2) is 0 Å². The molecule has 0 aliphatic heterocycles. The Hall–Kier alpha value is -1.59. The lowest BCUT2D eigenvalue weighted by Crippen LogP contribution is -2.45. The minimum Gasteiger partial charge on any atom is -0.348 e. The van der Waals surface area contributed by atoms with Gasteiger partial charge in [-0.05, 0) is 26.2 Å². The number of hydrogen-bond donors (Lipinski definition) is 2. The summed E-state index contributed by atoms with van der Waals surface area (Å²) in [5.41, 5.74) is 0. The van der Waals surface area contributed by atoms with Gasteiger partial charge in [-0.1, -0.05) is 20.3 Å². The summed E-state index contributed by atoms with van der Waals surface area (Å²) in [6.45, 7) is 9.42. The van der Waals surface area contributed by atoms with Crippen LogP contribution in [0.3, 0.4) is 0 Å². The van der Waals surface area contributed by atoms with Gasteiger partial charge in [0.25, 0.3) is 0 Å². The lowest BCUT2D eigenvalue weighted by atomic mass is 10.1. The van der Waals surface area contributed by atoms with Crippen molar-refractivity contribution in [2.45, 2.75) is 40.5 Å². The van der Waals surface area contributed by atoms with E-state index in [2.05, 4.69) is 24.5 Å². The molecule has 6 nitrogen and oxygen atoms in total. The van der Waals surface area contributed by atoms with Crippen LogP contribution < -0.4 is 10.6 Å². The number of nitrogens with zero attached hydrogens (tertiary/aromatic N) is 1. The van der Waals surface area contributed by atoms with E-state index in [0.29, 0.717) is 25.6 Å². The summed E-state index contributed by atoms with van der Waals surface area (Å²) in [7, 11) is 0. The highest BCUT2D eigenvalue weighted by Crippen LogP contribution is 2.03. The highest BCUT2D eigenvalue weighted by atomic mass is 16.2. The molecule has 20 heavy (non-hydrogen) atoms. The Bertz CT molecular complexity index is 328. The van der Waals surface area contributed by atoms with E-state index in [1.165, 1.54) is 0 Å². The maximum absolute atomic E-state index is 11.7. The lowest BCUT2D eigenvalue weighted by molar-refractivity contribution is -0.140. The third-order valence-corrected chi connectivity index (χ3v) is 3.34. The number of likely N-dealkylation sites (N-methyl/N-ethyl adjacent to an activating group) is 1. The fourth-order valence-corrected chi connectivity index (χ4v) is 1.64. The summed E-state index contributed by atoms with van der Waals surface area (Å²) in [6, 6.07) is 0. The molecule has 0 saturated heterocycles. The topological polar surface area (TPSA) is 78.5 Å². The second-order valence-electron chi connectivity index (χ2n) is 4.81. The van der Waals surface area contributed by atoms with Crippen molar-refractivity contribution in [1.29, 1.82) is 0 Å². The zero-order valence-corrected chi connectivity index (χ0v) is 13.0. The molecule has 0 spiro atoms. The molecule has 0 aromatic rings. The number of carbonyl (C=O) groups excluding carboxylic acids is 3. The van der Waals surface area contributed by atoms with Gasteiger partial charge in [-0.2, -0.15) is 0 Å². The molecular formula is C14H27N3O3. The van der Waals surface area contributed by atoms with Gasteiger partial charge in [0.2, 0.25) is 5.91 Å². The first-order valence-electron chi connectivity index (χ1n) is 7.29. The van der Waals surface area contributed by atoms with Gasteiger partial charge < -0.3 is 15.5 Å². The summed E-state index contributed by atoms with van der Waals surface area (Å²) in [5, 5.41) is 4.89. The van der Waals surface area contributed by atoms with Crippen LogP contribution in [-0.4, -0.2) is 48.8 Å². The molecule has 0 radical (unpaired) electrons. The summed E-state index contributed by atoms with van der Waals surface area (Å²) >= 11 is 0. The van der Waals surface area contributed by atoms with Gasteiger partial charge in [0, 0.05) is 19.6 Å². The van der Waals surface area contributed by atoms with Crippen LogP contribution in [0.15, 0.2) is 0 Å². The Balaban J connectivity index is 3.97. The molecule has 1 unspecified atom stereocenters. The van der Waals surface area contributed by atoms with Gasteiger partial charge in [-0.25, -0.2) is 0 Å². The van der Waals surface area contributed by atoms with E-state index in [0.717, 1.165) is 12.8 Å². The van der Waals surface area contributed by atoms with Crippen LogP contribution in [0, 0.1) is 5.92 Å². The largest absolute Gasteiger partial charge is 0.348 e. The second kappa shape index (κ2) is 10.2. The zero-order chi connectivity index (χ0) is 15.5. The number of carbonyl (C=O) groups is 3. The third-order valence-electron chi connectivity index (χ3n) is 3.34. The number of rotatable bonds is 8. The smallest absolute Gasteiger partial charge is 0.309 e. The maximum atomic E-state index is 11.7. The Morgan fingerprint density at radius 3 is 2.05 bits per heavy atom. The van der Waals surface area contributed by atoms with E-state index in [4.69, 9.17) is 0 Å². The predicted octanol–water partition coefficient (Wildman–Crippen LogP) is 0.523. The average Bonchev–Trinajstić information content (AvgIpc) is 2.45. The lowest BCUT2D eigenvalue weighted by Gasteiger charge is -2.18. The van der Waals surface area contributed by atoms with Crippen LogP contribution >= 0.6 is 0 Å². The highest BCUT2D eigenvalue weighted by molar-refractivity contribution is 6.35. The second-order valence-corrected chi connectivity index (χ2v) is 4.81. The molecule has 3 amide bonds. The van der Waals surface area contributed by atoms with Gasteiger partial charge in [-0.3, -0.25) is 14.4 Å². The fourth-order valence-electron chi connectivity index (χ4n) is 1.64. The summed E-state index contributed by atoms with van der Waals surface area (Å²) in [6.07, 6.45) is 1.88. The minimum absolute atomic E-state index is 0.140. The van der Waals surface area contributed by atoms with E-state index < -0.39 is 11.8 Å². The maximum Gasteiger partial charge on any atom is 0.309 e. The molecule has 1 atom stereocenters. The third kappa shape index (κ3) is 7.11. The molecule has 0 bridgehead atoms. The quantitative estimate of drug-likeness (QED) is 0.638. The monoisotopic (exact) mass is 285 g/mol. The first-order valence-corrected chi connectivity index (χ1v) is 7.29. The molecule has 2 N–H and O–H groups in total. The van der Waals surface area contributed by atoms with Crippen molar-refractivity contribution in [2.75, 3.05) is 26.2 Å². The normalized spacial score (nSPS) is 11.6. The van der Waals surface area contributed by atoms with Gasteiger partial charge in [0.1, 0.15) is 0 Å². The van der Waals surface area contributed by atoms with Crippen molar-refractivity contribution in [3.05, 3.63) is 0 Å². The standard InChI is InChI=1S/C14H27N3O3/c1-5-11(4)8-9-15-13(19)14(20)16-10-12(18)17(6-2)7-3/h11H,5-10H2,1-4H3,(H,15,19)(H,16,20). The Kier molecular flexibility index (Phi) is 9.41. The van der Waals surface area contributed by atoms with Crippen molar-refractivity contribution < 1.29 is 14.4 Å². The first kappa shape index (κ1) is 18.4. The Labute approximate surface area is 121 Å². The van der Waals surface area contributed by atoms with E-state index in [1.54, 1.807) is 4.90 Å². The predicted molar refractivity (Wildman–Crippen MR) is 78.0 cm³/mol.